The summed E-state index contributed by atoms with van der Waals surface area (Å²) in [5, 5.41) is 22.8. The van der Waals surface area contributed by atoms with Gasteiger partial charge in [0.15, 0.2) is 0 Å². The van der Waals surface area contributed by atoms with Gasteiger partial charge in [-0.05, 0) is 36.8 Å². The fourth-order valence-electron chi connectivity index (χ4n) is 4.15. The molecule has 2 N–H and O–H groups in total. The van der Waals surface area contributed by atoms with Crippen LogP contribution in [0.5, 0.6) is 11.5 Å². The van der Waals surface area contributed by atoms with Crippen molar-refractivity contribution in [1.82, 2.24) is 0 Å². The summed E-state index contributed by atoms with van der Waals surface area (Å²) in [6.45, 7) is 5.96. The molecule has 0 saturated carbocycles. The van der Waals surface area contributed by atoms with Gasteiger partial charge >= 0.3 is 5.63 Å². The van der Waals surface area contributed by atoms with E-state index in [0.29, 0.717) is 27.8 Å². The third-order valence-corrected chi connectivity index (χ3v) is 5.74. The summed E-state index contributed by atoms with van der Waals surface area (Å²) < 4.78 is 11.4. The number of aromatic hydroxyl groups is 1. The van der Waals surface area contributed by atoms with Crippen LogP contribution in [0.15, 0.2) is 99.9 Å². The van der Waals surface area contributed by atoms with E-state index in [4.69, 9.17) is 9.15 Å². The molecule has 0 radical (unpaired) electrons. The maximum absolute atomic E-state index is 13.1. The van der Waals surface area contributed by atoms with Crippen molar-refractivity contribution >= 4 is 16.7 Å². The summed E-state index contributed by atoms with van der Waals surface area (Å²) >= 11 is 0. The molecule has 1 atom stereocenters. The summed E-state index contributed by atoms with van der Waals surface area (Å²) in [5.41, 5.74) is 2.09. The van der Waals surface area contributed by atoms with Gasteiger partial charge in [0, 0.05) is 5.57 Å². The Morgan fingerprint density at radius 1 is 0.906 bits per heavy atom. The van der Waals surface area contributed by atoms with Crippen LogP contribution >= 0.6 is 0 Å². The Bertz CT molecular complexity index is 1460. The van der Waals surface area contributed by atoms with Crippen LogP contribution < -0.4 is 10.4 Å². The summed E-state index contributed by atoms with van der Waals surface area (Å²) in [4.78, 5) is 13.1. The van der Waals surface area contributed by atoms with Gasteiger partial charge in [-0.25, -0.2) is 4.79 Å². The number of hydrogen-bond acceptors (Lipinski definition) is 5. The standard InChI is InChI=1S/C27H20O5/c1-15-11-13-17(14-12-15)23(22-16(2)31-20-9-5-3-7-18(20)25(22)28)24-26(29)19-8-4-6-10-21(19)32-27(24)30/h3-14,23,28-29H,2H2,1H3. The van der Waals surface area contributed by atoms with Crippen molar-refractivity contribution < 1.29 is 19.4 Å². The maximum Gasteiger partial charge on any atom is 0.344 e. The van der Waals surface area contributed by atoms with Crippen LogP contribution in [-0.2, 0) is 0 Å². The molecule has 1 aromatic heterocycles. The smallest absolute Gasteiger partial charge is 0.344 e. The number of ether oxygens (including phenoxy) is 1. The van der Waals surface area contributed by atoms with Crippen molar-refractivity contribution in [3.05, 3.63) is 123 Å². The lowest BCUT2D eigenvalue weighted by Gasteiger charge is -2.28. The van der Waals surface area contributed by atoms with Gasteiger partial charge in [-0.15, -0.1) is 0 Å². The van der Waals surface area contributed by atoms with Crippen LogP contribution in [0.1, 0.15) is 28.2 Å². The summed E-state index contributed by atoms with van der Waals surface area (Å²) in [6.07, 6.45) is 0. The largest absolute Gasteiger partial charge is 0.507 e. The minimum Gasteiger partial charge on any atom is -0.507 e. The van der Waals surface area contributed by atoms with Gasteiger partial charge in [0.25, 0.3) is 0 Å². The number of fused-ring (bicyclic) bond motifs is 2. The molecule has 1 aliphatic heterocycles. The van der Waals surface area contributed by atoms with Crippen LogP contribution in [0.25, 0.3) is 16.7 Å². The molecule has 0 fully saturated rings. The zero-order chi connectivity index (χ0) is 22.4. The van der Waals surface area contributed by atoms with Crippen LogP contribution in [0.3, 0.4) is 0 Å². The van der Waals surface area contributed by atoms with Gasteiger partial charge < -0.3 is 19.4 Å². The van der Waals surface area contributed by atoms with Crippen molar-refractivity contribution in [2.45, 2.75) is 12.8 Å². The molecule has 32 heavy (non-hydrogen) atoms. The minimum absolute atomic E-state index is 0.0123. The Morgan fingerprint density at radius 3 is 2.38 bits per heavy atom. The topological polar surface area (TPSA) is 79.9 Å². The molecule has 0 saturated heterocycles. The first-order valence-corrected chi connectivity index (χ1v) is 10.2. The molecular formula is C27H20O5. The van der Waals surface area contributed by atoms with Crippen LogP contribution in [-0.4, -0.2) is 10.2 Å². The Hall–Kier alpha value is -4.25. The highest BCUT2D eigenvalue weighted by Gasteiger charge is 2.35. The lowest BCUT2D eigenvalue weighted by molar-refractivity contribution is 0.399. The molecule has 1 aliphatic rings. The van der Waals surface area contributed by atoms with E-state index < -0.39 is 11.5 Å². The van der Waals surface area contributed by atoms with E-state index in [1.165, 1.54) is 0 Å². The average molecular weight is 424 g/mol. The molecule has 5 nitrogen and oxygen atoms in total. The molecule has 0 bridgehead atoms. The number of rotatable bonds is 3. The monoisotopic (exact) mass is 424 g/mol. The fraction of sp³-hybridized carbons (Fsp3) is 0.0741. The van der Waals surface area contributed by atoms with Gasteiger partial charge in [0.1, 0.15) is 28.6 Å². The third kappa shape index (κ3) is 3.06. The van der Waals surface area contributed by atoms with Gasteiger partial charge in [-0.1, -0.05) is 60.7 Å². The second-order valence-corrected chi connectivity index (χ2v) is 7.78. The summed E-state index contributed by atoms with van der Waals surface area (Å²) in [7, 11) is 0. The lowest BCUT2D eigenvalue weighted by atomic mass is 9.81. The Morgan fingerprint density at radius 2 is 1.59 bits per heavy atom. The highest BCUT2D eigenvalue weighted by Crippen LogP contribution is 2.46. The van der Waals surface area contributed by atoms with E-state index in [1.54, 1.807) is 48.5 Å². The Kier molecular flexibility index (Phi) is 4.59. The van der Waals surface area contributed by atoms with Crippen LogP contribution in [0, 0.1) is 6.92 Å². The van der Waals surface area contributed by atoms with E-state index in [9.17, 15) is 15.0 Å². The Labute approximate surface area is 184 Å². The van der Waals surface area contributed by atoms with E-state index >= 15 is 0 Å². The van der Waals surface area contributed by atoms with Crippen LogP contribution in [0.4, 0.5) is 0 Å². The predicted octanol–water partition coefficient (Wildman–Crippen LogP) is 5.81. The zero-order valence-electron chi connectivity index (χ0n) is 17.3. The molecule has 1 unspecified atom stereocenters. The highest BCUT2D eigenvalue weighted by atomic mass is 16.5. The summed E-state index contributed by atoms with van der Waals surface area (Å²) in [5.74, 6) is -0.462. The van der Waals surface area contributed by atoms with E-state index in [1.807, 2.05) is 31.2 Å². The van der Waals surface area contributed by atoms with E-state index in [0.717, 1.165) is 5.56 Å². The van der Waals surface area contributed by atoms with Gasteiger partial charge in [0.2, 0.25) is 0 Å². The fourth-order valence-corrected chi connectivity index (χ4v) is 4.15. The molecule has 0 amide bonds. The van der Waals surface area contributed by atoms with Crippen LogP contribution in [0.2, 0.25) is 0 Å². The first-order valence-electron chi connectivity index (χ1n) is 10.2. The van der Waals surface area contributed by atoms with E-state index in [2.05, 4.69) is 6.58 Å². The van der Waals surface area contributed by atoms with Gasteiger partial charge in [0.05, 0.1) is 22.4 Å². The van der Waals surface area contributed by atoms with E-state index in [-0.39, 0.29) is 28.4 Å². The zero-order valence-corrected chi connectivity index (χ0v) is 17.3. The maximum atomic E-state index is 13.1. The molecule has 5 rings (SSSR count). The number of hydrogen-bond donors (Lipinski definition) is 2. The molecule has 3 aromatic carbocycles. The average Bonchev–Trinajstić information content (AvgIpc) is 2.78. The number of aliphatic hydroxyl groups excluding tert-OH is 1. The molecule has 158 valence electrons. The van der Waals surface area contributed by atoms with Crippen molar-refractivity contribution in [3.63, 3.8) is 0 Å². The molecule has 0 spiro atoms. The second-order valence-electron chi connectivity index (χ2n) is 7.78. The van der Waals surface area contributed by atoms with Crippen molar-refractivity contribution in [2.24, 2.45) is 0 Å². The lowest BCUT2D eigenvalue weighted by Crippen LogP contribution is -2.21. The molecule has 2 heterocycles. The molecular weight excluding hydrogens is 404 g/mol. The Balaban J connectivity index is 1.85. The highest BCUT2D eigenvalue weighted by molar-refractivity contribution is 5.85. The third-order valence-electron chi connectivity index (χ3n) is 5.74. The quantitative estimate of drug-likeness (QED) is 0.406. The van der Waals surface area contributed by atoms with Crippen molar-refractivity contribution in [1.29, 1.82) is 0 Å². The van der Waals surface area contributed by atoms with Gasteiger partial charge in [-0.3, -0.25) is 0 Å². The van der Waals surface area contributed by atoms with Crippen molar-refractivity contribution in [2.75, 3.05) is 0 Å². The molecule has 5 heteroatoms. The number of allylic oxidation sites excluding steroid dienone is 1. The normalized spacial score (nSPS) is 14.2. The summed E-state index contributed by atoms with van der Waals surface area (Å²) in [6, 6.07) is 21.3. The SMILES string of the molecule is C=C1Oc2ccccc2C(O)=C1C(c1ccc(C)cc1)c1c(O)c2ccccc2oc1=O. The number of aliphatic hydroxyl groups is 1. The number of benzene rings is 3. The number of aryl methyl sites for hydroxylation is 1. The second kappa shape index (κ2) is 7.46. The first-order chi connectivity index (χ1) is 15.5. The number of para-hydroxylation sites is 2. The van der Waals surface area contributed by atoms with Gasteiger partial charge in [-0.2, -0.15) is 0 Å². The predicted molar refractivity (Wildman–Crippen MR) is 123 cm³/mol. The molecule has 0 aliphatic carbocycles. The first kappa shape index (κ1) is 19.7. The molecule has 4 aromatic rings. The minimum atomic E-state index is -0.864. The van der Waals surface area contributed by atoms with Crippen molar-refractivity contribution in [3.8, 4) is 11.5 Å².